The minimum atomic E-state index is -0.967. The summed E-state index contributed by atoms with van der Waals surface area (Å²) < 4.78 is 5.87. The molecule has 1 saturated carbocycles. The van der Waals surface area contributed by atoms with E-state index in [1.54, 1.807) is 12.1 Å². The first-order valence-electron chi connectivity index (χ1n) is 15.8. The number of nitrogens with one attached hydrogen (secondary N) is 1. The predicted octanol–water partition coefficient (Wildman–Crippen LogP) is 4.51. The van der Waals surface area contributed by atoms with Crippen molar-refractivity contribution >= 4 is 17.8 Å². The van der Waals surface area contributed by atoms with Crippen LogP contribution in [0.1, 0.15) is 92.6 Å². The Labute approximate surface area is 254 Å². The molecule has 3 aliphatic rings. The smallest absolute Gasteiger partial charge is 0.335 e. The number of piperidine rings is 1. The predicted molar refractivity (Wildman–Crippen MR) is 163 cm³/mol. The van der Waals surface area contributed by atoms with Crippen LogP contribution >= 0.6 is 0 Å². The second-order valence-electron chi connectivity index (χ2n) is 12.6. The van der Waals surface area contributed by atoms with Crippen molar-refractivity contribution in [2.75, 3.05) is 19.6 Å². The van der Waals surface area contributed by atoms with E-state index >= 15 is 0 Å². The fraction of sp³-hybridized carbons (Fsp3) is 0.559. The van der Waals surface area contributed by atoms with Gasteiger partial charge in [-0.3, -0.25) is 14.5 Å². The number of benzene rings is 2. The van der Waals surface area contributed by atoms with E-state index in [1.807, 2.05) is 17.0 Å². The third-order valence-corrected chi connectivity index (χ3v) is 9.50. The number of piperazine rings is 1. The summed E-state index contributed by atoms with van der Waals surface area (Å²) >= 11 is 0. The number of carbonyl (C=O) groups is 3. The Morgan fingerprint density at radius 1 is 1.00 bits per heavy atom. The summed E-state index contributed by atoms with van der Waals surface area (Å²) in [5, 5.41) is 23.3. The third-order valence-electron chi connectivity index (χ3n) is 9.50. The summed E-state index contributed by atoms with van der Waals surface area (Å²) in [5.74, 6) is -0.459. The first-order valence-corrected chi connectivity index (χ1v) is 15.8. The number of amides is 2. The lowest BCUT2D eigenvalue weighted by molar-refractivity contribution is -0.163. The molecule has 2 aliphatic heterocycles. The van der Waals surface area contributed by atoms with Gasteiger partial charge < -0.3 is 25.2 Å². The van der Waals surface area contributed by atoms with E-state index in [0.29, 0.717) is 64.1 Å². The molecule has 3 N–H and O–H groups in total. The number of rotatable bonds is 11. The number of carboxylic acids is 1. The van der Waals surface area contributed by atoms with Crippen LogP contribution < -0.4 is 10.1 Å². The number of carbonyl (C=O) groups excluding carboxylic acids is 2. The number of carboxylic acid groups (broad SMARTS) is 1. The van der Waals surface area contributed by atoms with Crippen molar-refractivity contribution in [2.24, 2.45) is 0 Å². The van der Waals surface area contributed by atoms with E-state index in [-0.39, 0.29) is 17.4 Å². The Hall–Kier alpha value is -3.43. The fourth-order valence-corrected chi connectivity index (χ4v) is 6.96. The van der Waals surface area contributed by atoms with Gasteiger partial charge in [0.2, 0.25) is 11.8 Å². The number of nitrogens with zero attached hydrogens (tertiary/aromatic N) is 2. The van der Waals surface area contributed by atoms with Crippen LogP contribution in [0, 0.1) is 0 Å². The van der Waals surface area contributed by atoms with Crippen molar-refractivity contribution in [3.8, 4) is 5.75 Å². The maximum atomic E-state index is 13.8. The van der Waals surface area contributed by atoms with Gasteiger partial charge in [-0.25, -0.2) is 4.79 Å². The van der Waals surface area contributed by atoms with Gasteiger partial charge in [0.25, 0.3) is 0 Å². The highest BCUT2D eigenvalue weighted by molar-refractivity contribution is 6.00. The van der Waals surface area contributed by atoms with Gasteiger partial charge in [0.15, 0.2) is 0 Å². The molecule has 1 aliphatic carbocycles. The van der Waals surface area contributed by atoms with Gasteiger partial charge in [-0.2, -0.15) is 0 Å². The number of aromatic carboxylic acids is 1. The Bertz CT molecular complexity index is 1280. The number of hydrogen-bond donors (Lipinski definition) is 3. The monoisotopic (exact) mass is 591 g/mol. The lowest BCUT2D eigenvalue weighted by Crippen LogP contribution is -2.73. The lowest BCUT2D eigenvalue weighted by atomic mass is 9.77. The number of unbranched alkanes of at least 4 members (excludes halogenated alkanes) is 1. The molecule has 232 valence electrons. The Balaban J connectivity index is 1.20. The summed E-state index contributed by atoms with van der Waals surface area (Å²) in [5.41, 5.74) is 0.674. The molecule has 0 bridgehead atoms. The number of ether oxygens (including phenoxy) is 1. The van der Waals surface area contributed by atoms with E-state index in [0.717, 1.165) is 49.8 Å². The zero-order valence-corrected chi connectivity index (χ0v) is 25.2. The zero-order chi connectivity index (χ0) is 30.5. The first kappa shape index (κ1) is 31.0. The molecule has 3 fully saturated rings. The van der Waals surface area contributed by atoms with Crippen LogP contribution in [0.5, 0.6) is 5.75 Å². The van der Waals surface area contributed by atoms with Gasteiger partial charge in [-0.1, -0.05) is 56.9 Å². The van der Waals surface area contributed by atoms with E-state index in [4.69, 9.17) is 9.84 Å². The van der Waals surface area contributed by atoms with Crippen molar-refractivity contribution in [3.63, 3.8) is 0 Å². The third kappa shape index (κ3) is 7.21. The average Bonchev–Trinajstić information content (AvgIpc) is 3.00. The molecule has 2 aromatic rings. The normalized spacial score (nSPS) is 21.9. The lowest BCUT2D eigenvalue weighted by Gasteiger charge is -2.52. The second kappa shape index (κ2) is 13.5. The molecule has 43 heavy (non-hydrogen) atoms. The fourth-order valence-electron chi connectivity index (χ4n) is 6.96. The standard InChI is InChI=1S/C34H45N3O6/c1-2-3-18-37-30(38)29(22-33(42)14-5-4-6-15-33)35-32(41)34(37)16-19-36(20-17-34)23-25-8-7-9-26(21-25)24-43-28-12-10-27(11-13-28)31(39)40/h7-13,21,29,42H,2-6,14-20,22-24H2,1H3,(H,35,41)(H,39,40)/t29-/m1/s1. The van der Waals surface area contributed by atoms with Crippen molar-refractivity contribution in [1.29, 1.82) is 0 Å². The van der Waals surface area contributed by atoms with Gasteiger partial charge in [0.05, 0.1) is 11.2 Å². The Kier molecular flexibility index (Phi) is 9.72. The highest BCUT2D eigenvalue weighted by atomic mass is 16.5. The maximum Gasteiger partial charge on any atom is 0.335 e. The molecule has 0 unspecified atom stereocenters. The summed E-state index contributed by atoms with van der Waals surface area (Å²) in [6, 6.07) is 13.9. The van der Waals surface area contributed by atoms with E-state index in [1.165, 1.54) is 12.1 Å². The van der Waals surface area contributed by atoms with Crippen LogP contribution in [0.4, 0.5) is 0 Å². The van der Waals surface area contributed by atoms with Crippen molar-refractivity contribution in [2.45, 2.75) is 101 Å². The molecule has 9 nitrogen and oxygen atoms in total. The molecule has 2 amide bonds. The minimum Gasteiger partial charge on any atom is -0.489 e. The van der Waals surface area contributed by atoms with Crippen LogP contribution in [0.25, 0.3) is 0 Å². The molecular formula is C34H45N3O6. The molecular weight excluding hydrogens is 546 g/mol. The molecule has 1 atom stereocenters. The average molecular weight is 592 g/mol. The molecule has 0 radical (unpaired) electrons. The van der Waals surface area contributed by atoms with Gasteiger partial charge in [0, 0.05) is 32.6 Å². The van der Waals surface area contributed by atoms with Crippen LogP contribution in [-0.2, 0) is 22.7 Å². The van der Waals surface area contributed by atoms with E-state index in [2.05, 4.69) is 29.3 Å². The first-order chi connectivity index (χ1) is 20.7. The van der Waals surface area contributed by atoms with Crippen LogP contribution in [0.2, 0.25) is 0 Å². The van der Waals surface area contributed by atoms with Crippen LogP contribution in [0.3, 0.4) is 0 Å². The second-order valence-corrected chi connectivity index (χ2v) is 12.6. The molecule has 2 aromatic carbocycles. The summed E-state index contributed by atoms with van der Waals surface area (Å²) in [6.07, 6.45) is 7.67. The molecule has 9 heteroatoms. The Morgan fingerprint density at radius 3 is 2.37 bits per heavy atom. The van der Waals surface area contributed by atoms with Gasteiger partial charge >= 0.3 is 5.97 Å². The summed E-state index contributed by atoms with van der Waals surface area (Å²) in [7, 11) is 0. The van der Waals surface area contributed by atoms with Crippen LogP contribution in [0.15, 0.2) is 48.5 Å². The molecule has 5 rings (SSSR count). The largest absolute Gasteiger partial charge is 0.489 e. The van der Waals surface area contributed by atoms with Gasteiger partial charge in [0.1, 0.15) is 23.9 Å². The Morgan fingerprint density at radius 2 is 1.70 bits per heavy atom. The van der Waals surface area contributed by atoms with Crippen molar-refractivity contribution < 1.29 is 29.3 Å². The summed E-state index contributed by atoms with van der Waals surface area (Å²) in [4.78, 5) is 42.9. The highest BCUT2D eigenvalue weighted by Crippen LogP contribution is 2.37. The molecule has 2 saturated heterocycles. The van der Waals surface area contributed by atoms with Gasteiger partial charge in [-0.05, 0) is 67.5 Å². The maximum absolute atomic E-state index is 13.8. The van der Waals surface area contributed by atoms with Crippen molar-refractivity contribution in [3.05, 3.63) is 65.2 Å². The summed E-state index contributed by atoms with van der Waals surface area (Å²) in [6.45, 7) is 5.17. The molecule has 1 spiro atoms. The van der Waals surface area contributed by atoms with Crippen LogP contribution in [-0.4, -0.2) is 74.6 Å². The molecule has 0 aromatic heterocycles. The van der Waals surface area contributed by atoms with Gasteiger partial charge in [-0.15, -0.1) is 0 Å². The van der Waals surface area contributed by atoms with E-state index < -0.39 is 23.2 Å². The number of hydrogen-bond acceptors (Lipinski definition) is 6. The van der Waals surface area contributed by atoms with E-state index in [9.17, 15) is 19.5 Å². The SMILES string of the molecule is CCCCN1C(=O)[C@@H](CC2(O)CCCCC2)NC(=O)C12CCN(Cc1cccc(COc3ccc(C(=O)O)cc3)c1)CC2. The minimum absolute atomic E-state index is 0.0363. The quantitative estimate of drug-likeness (QED) is 0.352. The highest BCUT2D eigenvalue weighted by Gasteiger charge is 2.54. The number of aliphatic hydroxyl groups is 1. The zero-order valence-electron chi connectivity index (χ0n) is 25.2. The number of likely N-dealkylation sites (tertiary alicyclic amines) is 1. The topological polar surface area (TPSA) is 119 Å². The molecule has 2 heterocycles. The van der Waals surface area contributed by atoms with Crippen molar-refractivity contribution in [1.82, 2.24) is 15.1 Å².